The summed E-state index contributed by atoms with van der Waals surface area (Å²) in [5, 5.41) is 5.19. The van der Waals surface area contributed by atoms with Crippen LogP contribution in [0.3, 0.4) is 0 Å². The average molecular weight is 331 g/mol. The second-order valence-corrected chi connectivity index (χ2v) is 5.77. The van der Waals surface area contributed by atoms with Crippen LogP contribution in [-0.2, 0) is 0 Å². The van der Waals surface area contributed by atoms with Gasteiger partial charge in [-0.05, 0) is 30.4 Å². The number of nitrogens with zero attached hydrogens (tertiary/aromatic N) is 1. The number of benzene rings is 1. The normalized spacial score (nSPS) is 11.7. The van der Waals surface area contributed by atoms with E-state index in [1.54, 1.807) is 24.5 Å². The molecule has 0 saturated carbocycles. The van der Waals surface area contributed by atoms with Crippen LogP contribution in [0.25, 0.3) is 16.2 Å². The zero-order chi connectivity index (χ0) is 15.4. The van der Waals surface area contributed by atoms with E-state index in [9.17, 15) is 4.79 Å². The van der Waals surface area contributed by atoms with Crippen LogP contribution >= 0.6 is 22.9 Å². The molecule has 0 aliphatic heterocycles. The highest BCUT2D eigenvalue weighted by Crippen LogP contribution is 2.34. The van der Waals surface area contributed by atoms with Gasteiger partial charge >= 0.3 is 0 Å². The fourth-order valence-electron chi connectivity index (χ4n) is 1.87. The largest absolute Gasteiger partial charge is 0.465 e. The van der Waals surface area contributed by atoms with Crippen LogP contribution in [0, 0.1) is 0 Å². The molecule has 22 heavy (non-hydrogen) atoms. The number of halogens is 1. The molecule has 1 N–H and O–H groups in total. The first-order valence-electron chi connectivity index (χ1n) is 6.46. The van der Waals surface area contributed by atoms with Crippen LogP contribution < -0.4 is 5.43 Å². The van der Waals surface area contributed by atoms with Gasteiger partial charge in [0, 0.05) is 16.3 Å². The first kappa shape index (κ1) is 14.6. The summed E-state index contributed by atoms with van der Waals surface area (Å²) in [4.78, 5) is 12.5. The van der Waals surface area contributed by atoms with E-state index in [0.29, 0.717) is 15.7 Å². The Morgan fingerprint density at radius 1 is 1.27 bits per heavy atom. The average Bonchev–Trinajstić information content (AvgIpc) is 3.15. The van der Waals surface area contributed by atoms with E-state index in [1.807, 2.05) is 30.3 Å². The van der Waals surface area contributed by atoms with Gasteiger partial charge in [-0.25, -0.2) is 5.43 Å². The fourth-order valence-corrected chi connectivity index (χ4v) is 3.28. The van der Waals surface area contributed by atoms with Gasteiger partial charge in [0.2, 0.25) is 0 Å². The Morgan fingerprint density at radius 2 is 2.14 bits per heavy atom. The number of rotatable bonds is 4. The van der Waals surface area contributed by atoms with E-state index < -0.39 is 0 Å². The predicted octanol–water partition coefficient (Wildman–Crippen LogP) is 4.58. The number of carbonyl (C=O) groups is 1. The molecule has 110 valence electrons. The SMILES string of the molecule is O=C(NN=CC=Cc1ccco1)c1sc2ccccc2c1Cl. The van der Waals surface area contributed by atoms with Gasteiger partial charge in [-0.2, -0.15) is 5.10 Å². The van der Waals surface area contributed by atoms with Crippen molar-refractivity contribution >= 4 is 51.2 Å². The van der Waals surface area contributed by atoms with Gasteiger partial charge in [-0.1, -0.05) is 29.8 Å². The molecule has 1 amide bonds. The number of nitrogens with one attached hydrogen (secondary N) is 1. The third-order valence-corrected chi connectivity index (χ3v) is 4.55. The third kappa shape index (κ3) is 3.10. The highest BCUT2D eigenvalue weighted by atomic mass is 35.5. The lowest BCUT2D eigenvalue weighted by Gasteiger charge is -1.95. The molecule has 6 heteroatoms. The van der Waals surface area contributed by atoms with Crippen molar-refractivity contribution in [3.8, 4) is 0 Å². The standard InChI is InChI=1S/C16H11ClN2O2S/c17-14-12-7-1-2-8-13(12)22-15(14)16(20)19-18-9-3-5-11-6-4-10-21-11/h1-10H,(H,19,20). The first-order chi connectivity index (χ1) is 10.8. The molecular formula is C16H11ClN2O2S. The van der Waals surface area contributed by atoms with Gasteiger partial charge < -0.3 is 4.42 Å². The summed E-state index contributed by atoms with van der Waals surface area (Å²) in [5.74, 6) is 0.388. The minimum Gasteiger partial charge on any atom is -0.465 e. The first-order valence-corrected chi connectivity index (χ1v) is 7.66. The molecule has 1 aromatic carbocycles. The molecule has 4 nitrogen and oxygen atoms in total. The van der Waals surface area contributed by atoms with Crippen molar-refractivity contribution in [2.24, 2.45) is 5.10 Å². The molecule has 0 fully saturated rings. The molecule has 0 radical (unpaired) electrons. The molecule has 0 saturated heterocycles. The van der Waals surface area contributed by atoms with Crippen molar-refractivity contribution in [1.29, 1.82) is 0 Å². The van der Waals surface area contributed by atoms with Crippen LogP contribution in [0.4, 0.5) is 0 Å². The highest BCUT2D eigenvalue weighted by Gasteiger charge is 2.16. The number of carbonyl (C=O) groups excluding carboxylic acids is 1. The van der Waals surface area contributed by atoms with Gasteiger partial charge in [0.25, 0.3) is 5.91 Å². The van der Waals surface area contributed by atoms with E-state index >= 15 is 0 Å². The molecule has 0 aliphatic rings. The van der Waals surface area contributed by atoms with Crippen LogP contribution in [-0.4, -0.2) is 12.1 Å². The molecular weight excluding hydrogens is 320 g/mol. The lowest BCUT2D eigenvalue weighted by molar-refractivity contribution is 0.0959. The molecule has 2 aromatic heterocycles. The molecule has 0 bridgehead atoms. The summed E-state index contributed by atoms with van der Waals surface area (Å²) in [6.45, 7) is 0. The maximum absolute atomic E-state index is 12.1. The second kappa shape index (κ2) is 6.60. The Labute approximate surface area is 135 Å². The van der Waals surface area contributed by atoms with E-state index in [4.69, 9.17) is 16.0 Å². The van der Waals surface area contributed by atoms with E-state index in [0.717, 1.165) is 10.1 Å². The number of amides is 1. The zero-order valence-electron chi connectivity index (χ0n) is 11.3. The fraction of sp³-hybridized carbons (Fsp3) is 0. The van der Waals surface area contributed by atoms with Crippen LogP contribution in [0.1, 0.15) is 15.4 Å². The smallest absolute Gasteiger partial charge is 0.283 e. The Balaban J connectivity index is 1.67. The van der Waals surface area contributed by atoms with Crippen molar-refractivity contribution in [3.05, 3.63) is 64.4 Å². The second-order valence-electron chi connectivity index (χ2n) is 4.33. The van der Waals surface area contributed by atoms with E-state index in [2.05, 4.69) is 10.5 Å². The molecule has 2 heterocycles. The minimum atomic E-state index is -0.325. The number of furan rings is 1. The summed E-state index contributed by atoms with van der Waals surface area (Å²) < 4.78 is 6.10. The summed E-state index contributed by atoms with van der Waals surface area (Å²) in [6.07, 6.45) is 6.47. The number of allylic oxidation sites excluding steroid dienone is 1. The maximum Gasteiger partial charge on any atom is 0.283 e. The minimum absolute atomic E-state index is 0.325. The summed E-state index contributed by atoms with van der Waals surface area (Å²) in [7, 11) is 0. The number of thiophene rings is 1. The van der Waals surface area contributed by atoms with Crippen LogP contribution in [0.2, 0.25) is 5.02 Å². The summed E-state index contributed by atoms with van der Waals surface area (Å²) in [6, 6.07) is 11.2. The van der Waals surface area contributed by atoms with Crippen molar-refractivity contribution in [2.45, 2.75) is 0 Å². The van der Waals surface area contributed by atoms with Gasteiger partial charge in [0.05, 0.1) is 11.3 Å². The lowest BCUT2D eigenvalue weighted by atomic mass is 10.2. The lowest BCUT2D eigenvalue weighted by Crippen LogP contribution is -2.16. The third-order valence-electron chi connectivity index (χ3n) is 2.87. The number of hydrazone groups is 1. The quantitative estimate of drug-likeness (QED) is 0.562. The Morgan fingerprint density at radius 3 is 2.91 bits per heavy atom. The van der Waals surface area contributed by atoms with Crippen molar-refractivity contribution in [1.82, 2.24) is 5.43 Å². The highest BCUT2D eigenvalue weighted by molar-refractivity contribution is 7.21. The maximum atomic E-state index is 12.1. The van der Waals surface area contributed by atoms with Crippen molar-refractivity contribution in [3.63, 3.8) is 0 Å². The number of hydrogen-bond donors (Lipinski definition) is 1. The Hall–Kier alpha value is -2.37. The molecule has 0 spiro atoms. The van der Waals surface area contributed by atoms with E-state index in [-0.39, 0.29) is 5.91 Å². The van der Waals surface area contributed by atoms with Gasteiger partial charge in [-0.3, -0.25) is 4.79 Å². The van der Waals surface area contributed by atoms with Gasteiger partial charge in [0.15, 0.2) is 0 Å². The Kier molecular flexibility index (Phi) is 4.37. The van der Waals surface area contributed by atoms with Crippen LogP contribution in [0.15, 0.2) is 58.3 Å². The van der Waals surface area contributed by atoms with Gasteiger partial charge in [0.1, 0.15) is 10.6 Å². The summed E-state index contributed by atoms with van der Waals surface area (Å²) >= 11 is 7.57. The molecule has 3 rings (SSSR count). The van der Waals surface area contributed by atoms with E-state index in [1.165, 1.54) is 17.6 Å². The summed E-state index contributed by atoms with van der Waals surface area (Å²) in [5.41, 5.74) is 2.46. The monoisotopic (exact) mass is 330 g/mol. The van der Waals surface area contributed by atoms with Crippen molar-refractivity contribution < 1.29 is 9.21 Å². The number of hydrogen-bond acceptors (Lipinski definition) is 4. The molecule has 3 aromatic rings. The zero-order valence-corrected chi connectivity index (χ0v) is 12.9. The predicted molar refractivity (Wildman–Crippen MR) is 90.5 cm³/mol. The molecule has 0 atom stereocenters. The topological polar surface area (TPSA) is 54.6 Å². The molecule has 0 unspecified atom stereocenters. The van der Waals surface area contributed by atoms with Gasteiger partial charge in [-0.15, -0.1) is 11.3 Å². The number of fused-ring (bicyclic) bond motifs is 1. The Bertz CT molecular complexity index is 850. The molecule has 0 aliphatic carbocycles. The van der Waals surface area contributed by atoms with Crippen molar-refractivity contribution in [2.75, 3.05) is 0 Å². The van der Waals surface area contributed by atoms with Crippen LogP contribution in [0.5, 0.6) is 0 Å².